The van der Waals surface area contributed by atoms with Gasteiger partial charge in [-0.05, 0) is 63.5 Å². The Balaban J connectivity index is 1.81. The molecular weight excluding hydrogens is 396 g/mol. The summed E-state index contributed by atoms with van der Waals surface area (Å²) in [5.41, 5.74) is 1.09. The van der Waals surface area contributed by atoms with E-state index in [2.05, 4.69) is 15.5 Å². The Labute approximate surface area is 171 Å². The topological polar surface area (TPSA) is 63.1 Å². The second-order valence-corrected chi connectivity index (χ2v) is 7.58. The van der Waals surface area contributed by atoms with Crippen molar-refractivity contribution < 1.29 is 13.6 Å². The number of hydrogen-bond donors (Lipinski definition) is 1. The molecule has 0 aliphatic heterocycles. The summed E-state index contributed by atoms with van der Waals surface area (Å²) in [5, 5.41) is 11.7. The van der Waals surface area contributed by atoms with Crippen LogP contribution in [0.2, 0.25) is 0 Å². The highest BCUT2D eigenvalue weighted by Gasteiger charge is 2.21. The van der Waals surface area contributed by atoms with Crippen LogP contribution in [-0.2, 0) is 4.79 Å². The fraction of sp³-hybridized carbons (Fsp3) is 0.250. The lowest BCUT2D eigenvalue weighted by Crippen LogP contribution is -2.21. The van der Waals surface area contributed by atoms with E-state index < -0.39 is 5.82 Å². The minimum Gasteiger partial charge on any atom is -0.325 e. The van der Waals surface area contributed by atoms with Crippen molar-refractivity contribution in [3.8, 4) is 5.69 Å². The third-order valence-electron chi connectivity index (χ3n) is 4.33. The molecule has 0 saturated heterocycles. The van der Waals surface area contributed by atoms with Crippen molar-refractivity contribution in [2.75, 3.05) is 25.2 Å². The predicted octanol–water partition coefficient (Wildman–Crippen LogP) is 3.90. The van der Waals surface area contributed by atoms with E-state index in [-0.39, 0.29) is 23.5 Å². The average molecular weight is 417 g/mol. The van der Waals surface area contributed by atoms with E-state index in [0.29, 0.717) is 22.4 Å². The number of aromatic nitrogens is 3. The molecule has 0 aliphatic carbocycles. The Morgan fingerprint density at radius 2 is 1.86 bits per heavy atom. The molecule has 0 radical (unpaired) electrons. The van der Waals surface area contributed by atoms with Crippen LogP contribution in [-0.4, -0.2) is 45.4 Å². The number of rotatable bonds is 7. The van der Waals surface area contributed by atoms with Crippen LogP contribution in [0.15, 0.2) is 53.7 Å². The maximum Gasteiger partial charge on any atom is 0.234 e. The summed E-state index contributed by atoms with van der Waals surface area (Å²) in [6.07, 6.45) is 0. The number of benzene rings is 2. The van der Waals surface area contributed by atoms with Gasteiger partial charge in [0.2, 0.25) is 5.91 Å². The van der Waals surface area contributed by atoms with E-state index >= 15 is 0 Å². The molecule has 9 heteroatoms. The normalized spacial score (nSPS) is 12.2. The molecule has 0 aliphatic rings. The summed E-state index contributed by atoms with van der Waals surface area (Å²) >= 11 is 1.20. The fourth-order valence-corrected chi connectivity index (χ4v) is 3.36. The van der Waals surface area contributed by atoms with Crippen LogP contribution in [0.25, 0.3) is 5.69 Å². The lowest BCUT2D eigenvalue weighted by Gasteiger charge is -2.20. The minimum atomic E-state index is -0.422. The molecule has 0 bridgehead atoms. The Hall–Kier alpha value is -2.78. The summed E-state index contributed by atoms with van der Waals surface area (Å²) in [6.45, 7) is 1.98. The van der Waals surface area contributed by atoms with Gasteiger partial charge in [0.25, 0.3) is 0 Å². The lowest BCUT2D eigenvalue weighted by molar-refractivity contribution is -0.113. The highest BCUT2D eigenvalue weighted by atomic mass is 32.2. The monoisotopic (exact) mass is 417 g/mol. The van der Waals surface area contributed by atoms with Crippen molar-refractivity contribution >= 4 is 23.4 Å². The van der Waals surface area contributed by atoms with E-state index in [1.165, 1.54) is 42.1 Å². The first-order chi connectivity index (χ1) is 13.8. The number of thioether (sulfide) groups is 1. The number of carbonyl (C=O) groups excluding carboxylic acids is 1. The molecule has 0 saturated carbocycles. The minimum absolute atomic E-state index is 0.0528. The van der Waals surface area contributed by atoms with Crippen molar-refractivity contribution in [2.24, 2.45) is 0 Å². The van der Waals surface area contributed by atoms with E-state index in [0.717, 1.165) is 0 Å². The molecule has 6 nitrogen and oxygen atoms in total. The van der Waals surface area contributed by atoms with Crippen molar-refractivity contribution in [2.45, 2.75) is 18.1 Å². The molecule has 1 aromatic heterocycles. The standard InChI is InChI=1S/C20H21F2N5OS/c1-13(26(2)3)19-24-25-20(27(19)17-9-7-14(21)8-10-17)29-12-18(28)23-16-6-4-5-15(22)11-16/h4-11,13H,12H2,1-3H3,(H,23,28)/t13-/m1/s1. The number of carbonyl (C=O) groups is 1. The summed E-state index contributed by atoms with van der Waals surface area (Å²) in [4.78, 5) is 14.3. The quantitative estimate of drug-likeness (QED) is 0.591. The third-order valence-corrected chi connectivity index (χ3v) is 5.26. The van der Waals surface area contributed by atoms with E-state index in [1.807, 2.05) is 30.5 Å². The van der Waals surface area contributed by atoms with Crippen LogP contribution in [0.3, 0.4) is 0 Å². The molecule has 0 spiro atoms. The van der Waals surface area contributed by atoms with Crippen LogP contribution >= 0.6 is 11.8 Å². The molecule has 2 aromatic carbocycles. The molecule has 3 aromatic rings. The number of halogens is 2. The van der Waals surface area contributed by atoms with Gasteiger partial charge in [-0.3, -0.25) is 14.3 Å². The Morgan fingerprint density at radius 1 is 1.14 bits per heavy atom. The summed E-state index contributed by atoms with van der Waals surface area (Å²) in [6, 6.07) is 11.7. The number of amides is 1. The largest absolute Gasteiger partial charge is 0.325 e. The van der Waals surface area contributed by atoms with Crippen LogP contribution in [0.1, 0.15) is 18.8 Å². The van der Waals surface area contributed by atoms with Gasteiger partial charge in [0.1, 0.15) is 11.6 Å². The SMILES string of the molecule is C[C@H](c1nnc(SCC(=O)Nc2cccc(F)c2)n1-c1ccc(F)cc1)N(C)C. The van der Waals surface area contributed by atoms with Crippen molar-refractivity contribution in [1.82, 2.24) is 19.7 Å². The predicted molar refractivity (Wildman–Crippen MR) is 109 cm³/mol. The molecule has 1 amide bonds. The number of hydrogen-bond acceptors (Lipinski definition) is 5. The van der Waals surface area contributed by atoms with Gasteiger partial charge < -0.3 is 5.32 Å². The molecule has 1 heterocycles. The first-order valence-electron chi connectivity index (χ1n) is 8.91. The highest BCUT2D eigenvalue weighted by molar-refractivity contribution is 7.99. The highest BCUT2D eigenvalue weighted by Crippen LogP contribution is 2.27. The van der Waals surface area contributed by atoms with Crippen LogP contribution in [0, 0.1) is 11.6 Å². The fourth-order valence-electron chi connectivity index (χ4n) is 2.60. The van der Waals surface area contributed by atoms with Gasteiger partial charge in [-0.2, -0.15) is 0 Å². The molecular formula is C20H21F2N5OS. The molecule has 29 heavy (non-hydrogen) atoms. The first kappa shape index (κ1) is 20.9. The second-order valence-electron chi connectivity index (χ2n) is 6.64. The maximum absolute atomic E-state index is 13.4. The van der Waals surface area contributed by atoms with Gasteiger partial charge in [-0.25, -0.2) is 8.78 Å². The lowest BCUT2D eigenvalue weighted by atomic mass is 10.2. The zero-order valence-corrected chi connectivity index (χ0v) is 17.1. The molecule has 0 fully saturated rings. The molecule has 0 unspecified atom stereocenters. The summed E-state index contributed by atoms with van der Waals surface area (Å²) in [7, 11) is 3.85. The van der Waals surface area contributed by atoms with E-state index in [9.17, 15) is 13.6 Å². The molecule has 1 atom stereocenters. The average Bonchev–Trinajstić information content (AvgIpc) is 3.10. The van der Waals surface area contributed by atoms with Crippen LogP contribution < -0.4 is 5.32 Å². The Bertz CT molecular complexity index is 991. The van der Waals surface area contributed by atoms with Gasteiger partial charge in [-0.1, -0.05) is 17.8 Å². The second kappa shape index (κ2) is 9.15. The molecule has 3 rings (SSSR count). The summed E-state index contributed by atoms with van der Waals surface area (Å²) in [5.74, 6) is -0.320. The van der Waals surface area contributed by atoms with Gasteiger partial charge in [0.05, 0.1) is 11.8 Å². The third kappa shape index (κ3) is 5.18. The van der Waals surface area contributed by atoms with E-state index in [4.69, 9.17) is 0 Å². The van der Waals surface area contributed by atoms with Crippen molar-refractivity contribution in [3.05, 3.63) is 66.0 Å². The number of nitrogens with one attached hydrogen (secondary N) is 1. The molecule has 1 N–H and O–H groups in total. The number of anilines is 1. The van der Waals surface area contributed by atoms with Crippen molar-refractivity contribution in [3.63, 3.8) is 0 Å². The van der Waals surface area contributed by atoms with Crippen LogP contribution in [0.4, 0.5) is 14.5 Å². The van der Waals surface area contributed by atoms with Crippen molar-refractivity contribution in [1.29, 1.82) is 0 Å². The van der Waals surface area contributed by atoms with Gasteiger partial charge >= 0.3 is 0 Å². The Morgan fingerprint density at radius 3 is 2.52 bits per heavy atom. The Kier molecular flexibility index (Phi) is 6.60. The van der Waals surface area contributed by atoms with Crippen LogP contribution in [0.5, 0.6) is 0 Å². The van der Waals surface area contributed by atoms with Gasteiger partial charge in [0.15, 0.2) is 11.0 Å². The zero-order chi connectivity index (χ0) is 21.0. The van der Waals surface area contributed by atoms with Gasteiger partial charge in [0, 0.05) is 11.4 Å². The van der Waals surface area contributed by atoms with Gasteiger partial charge in [-0.15, -0.1) is 10.2 Å². The molecule has 152 valence electrons. The maximum atomic E-state index is 13.4. The van der Waals surface area contributed by atoms with E-state index in [1.54, 1.807) is 18.2 Å². The first-order valence-corrected chi connectivity index (χ1v) is 9.89. The summed E-state index contributed by atoms with van der Waals surface area (Å²) < 4.78 is 28.5. The zero-order valence-electron chi connectivity index (χ0n) is 16.3. The smallest absolute Gasteiger partial charge is 0.234 e. The number of nitrogens with zero attached hydrogens (tertiary/aromatic N) is 4.